The van der Waals surface area contributed by atoms with Gasteiger partial charge in [-0.25, -0.2) is 0 Å². The minimum atomic E-state index is -0.0232. The van der Waals surface area contributed by atoms with Gasteiger partial charge >= 0.3 is 0 Å². The molecule has 0 aromatic heterocycles. The number of carbonyl (C=O) groups is 1. The fourth-order valence-corrected chi connectivity index (χ4v) is 3.28. The number of nitrogens with zero attached hydrogens (tertiary/aromatic N) is 2. The maximum Gasteiger partial charge on any atom is 0.179 e. The zero-order valence-electron chi connectivity index (χ0n) is 13.8. The Morgan fingerprint density at radius 3 is 2.57 bits per heavy atom. The third kappa shape index (κ3) is 3.92. The van der Waals surface area contributed by atoms with Crippen LogP contribution in [0.25, 0.3) is 0 Å². The van der Waals surface area contributed by atoms with E-state index in [-0.39, 0.29) is 11.8 Å². The van der Waals surface area contributed by atoms with E-state index in [0.29, 0.717) is 6.04 Å². The molecule has 1 aliphatic heterocycles. The molecule has 0 amide bonds. The number of aryl methyl sites for hydroxylation is 1. The fraction of sp³-hybridized carbons (Fsp3) is 0.611. The smallest absolute Gasteiger partial charge is 0.179 e. The summed E-state index contributed by atoms with van der Waals surface area (Å²) in [6.07, 6.45) is 3.41. The Bertz CT molecular complexity index is 467. The summed E-state index contributed by atoms with van der Waals surface area (Å²) in [5.41, 5.74) is 2.13. The van der Waals surface area contributed by atoms with E-state index in [0.717, 1.165) is 25.1 Å². The Hall–Kier alpha value is -1.19. The molecule has 0 aliphatic carbocycles. The van der Waals surface area contributed by atoms with Crippen molar-refractivity contribution in [1.29, 1.82) is 0 Å². The molecule has 0 saturated carbocycles. The topological polar surface area (TPSA) is 23.6 Å². The number of ketones is 1. The molecule has 0 bridgehead atoms. The molecule has 1 fully saturated rings. The largest absolute Gasteiger partial charge is 0.308 e. The highest BCUT2D eigenvalue weighted by atomic mass is 16.1. The highest BCUT2D eigenvalue weighted by Crippen LogP contribution is 2.22. The Morgan fingerprint density at radius 1 is 1.33 bits per heavy atom. The quantitative estimate of drug-likeness (QED) is 0.752. The first kappa shape index (κ1) is 16.2. The first-order valence-electron chi connectivity index (χ1n) is 8.06. The van der Waals surface area contributed by atoms with Gasteiger partial charge in [-0.3, -0.25) is 9.69 Å². The van der Waals surface area contributed by atoms with Gasteiger partial charge in [0.2, 0.25) is 0 Å². The van der Waals surface area contributed by atoms with Crippen LogP contribution in [-0.2, 0) is 6.42 Å². The Morgan fingerprint density at radius 2 is 2.00 bits per heavy atom. The van der Waals surface area contributed by atoms with Crippen LogP contribution in [-0.4, -0.2) is 54.9 Å². The molecule has 0 N–H and O–H groups in total. The second kappa shape index (κ2) is 7.19. The van der Waals surface area contributed by atoms with Crippen molar-refractivity contribution in [1.82, 2.24) is 9.80 Å². The summed E-state index contributed by atoms with van der Waals surface area (Å²) in [6.45, 7) is 6.27. The number of hydrogen-bond donors (Lipinski definition) is 0. The van der Waals surface area contributed by atoms with Crippen LogP contribution in [0.2, 0.25) is 0 Å². The second-order valence-corrected chi connectivity index (χ2v) is 6.39. The van der Waals surface area contributed by atoms with Crippen LogP contribution < -0.4 is 0 Å². The summed E-state index contributed by atoms with van der Waals surface area (Å²) >= 11 is 0. The van der Waals surface area contributed by atoms with E-state index >= 15 is 0 Å². The maximum atomic E-state index is 12.7. The van der Waals surface area contributed by atoms with Crippen molar-refractivity contribution in [2.75, 3.05) is 27.2 Å². The fourth-order valence-electron chi connectivity index (χ4n) is 3.28. The lowest BCUT2D eigenvalue weighted by Gasteiger charge is -2.31. The van der Waals surface area contributed by atoms with E-state index in [2.05, 4.69) is 49.9 Å². The van der Waals surface area contributed by atoms with Gasteiger partial charge < -0.3 is 4.90 Å². The van der Waals surface area contributed by atoms with Gasteiger partial charge in [-0.15, -0.1) is 0 Å². The van der Waals surface area contributed by atoms with Crippen molar-refractivity contribution in [3.05, 3.63) is 35.4 Å². The molecule has 0 radical (unpaired) electrons. The molecule has 1 aliphatic rings. The predicted octanol–water partition coefficient (Wildman–Crippen LogP) is 2.85. The zero-order valence-corrected chi connectivity index (χ0v) is 13.8. The van der Waals surface area contributed by atoms with Crippen LogP contribution >= 0.6 is 0 Å². The lowest BCUT2D eigenvalue weighted by Crippen LogP contribution is -2.46. The molecule has 0 spiro atoms. The standard InChI is InChI=1S/C18H28N2O/c1-5-15-8-10-16(11-9-15)18(21)14(2)20-12-6-7-17(20)13-19(3)4/h8-11,14,17H,5-7,12-13H2,1-4H3. The van der Waals surface area contributed by atoms with Crippen LogP contribution in [0, 0.1) is 0 Å². The summed E-state index contributed by atoms with van der Waals surface area (Å²) in [6, 6.07) is 8.59. The van der Waals surface area contributed by atoms with E-state index in [1.54, 1.807) is 0 Å². The van der Waals surface area contributed by atoms with Crippen LogP contribution in [0.5, 0.6) is 0 Å². The molecule has 21 heavy (non-hydrogen) atoms. The molecular formula is C18H28N2O. The van der Waals surface area contributed by atoms with Crippen LogP contribution in [0.1, 0.15) is 42.6 Å². The third-order valence-electron chi connectivity index (χ3n) is 4.52. The Kier molecular flexibility index (Phi) is 5.54. The zero-order chi connectivity index (χ0) is 15.4. The molecular weight excluding hydrogens is 260 g/mol. The Balaban J connectivity index is 2.06. The average molecular weight is 288 g/mol. The number of Topliss-reactive ketones (excluding diaryl/α,β-unsaturated/α-hetero) is 1. The molecule has 1 aromatic rings. The molecule has 1 heterocycles. The summed E-state index contributed by atoms with van der Waals surface area (Å²) in [7, 11) is 4.21. The lowest BCUT2D eigenvalue weighted by atomic mass is 10.0. The number of likely N-dealkylation sites (tertiary alicyclic amines) is 1. The third-order valence-corrected chi connectivity index (χ3v) is 4.52. The summed E-state index contributed by atoms with van der Waals surface area (Å²) in [5, 5.41) is 0. The first-order chi connectivity index (χ1) is 10.0. The Labute approximate surface area is 128 Å². The molecule has 3 heteroatoms. The van der Waals surface area contributed by atoms with Crippen molar-refractivity contribution in [2.45, 2.75) is 45.2 Å². The minimum absolute atomic E-state index is 0.0232. The van der Waals surface area contributed by atoms with Gasteiger partial charge in [0.1, 0.15) is 0 Å². The van der Waals surface area contributed by atoms with E-state index in [9.17, 15) is 4.79 Å². The molecule has 2 atom stereocenters. The van der Waals surface area contributed by atoms with E-state index in [1.165, 1.54) is 18.4 Å². The SMILES string of the molecule is CCc1ccc(C(=O)C(C)N2CCCC2CN(C)C)cc1. The van der Waals surface area contributed by atoms with E-state index in [1.807, 2.05) is 12.1 Å². The van der Waals surface area contributed by atoms with Gasteiger partial charge in [0.15, 0.2) is 5.78 Å². The van der Waals surface area contributed by atoms with Crippen LogP contribution in [0.15, 0.2) is 24.3 Å². The number of hydrogen-bond acceptors (Lipinski definition) is 3. The summed E-state index contributed by atoms with van der Waals surface area (Å²) in [5.74, 6) is 0.253. The number of likely N-dealkylation sites (N-methyl/N-ethyl adjacent to an activating group) is 1. The van der Waals surface area contributed by atoms with Gasteiger partial charge in [0, 0.05) is 18.2 Å². The number of rotatable bonds is 6. The predicted molar refractivity (Wildman–Crippen MR) is 87.9 cm³/mol. The lowest BCUT2D eigenvalue weighted by molar-refractivity contribution is 0.0799. The van der Waals surface area contributed by atoms with E-state index < -0.39 is 0 Å². The average Bonchev–Trinajstić information content (AvgIpc) is 2.93. The van der Waals surface area contributed by atoms with Crippen LogP contribution in [0.4, 0.5) is 0 Å². The molecule has 1 aromatic carbocycles. The van der Waals surface area contributed by atoms with Crippen molar-refractivity contribution >= 4 is 5.78 Å². The molecule has 2 unspecified atom stereocenters. The van der Waals surface area contributed by atoms with Gasteiger partial charge in [-0.1, -0.05) is 31.2 Å². The highest BCUT2D eigenvalue weighted by molar-refractivity contribution is 5.99. The maximum absolute atomic E-state index is 12.7. The number of benzene rings is 1. The molecule has 3 nitrogen and oxygen atoms in total. The first-order valence-corrected chi connectivity index (χ1v) is 8.06. The summed E-state index contributed by atoms with van der Waals surface area (Å²) in [4.78, 5) is 17.3. The highest BCUT2D eigenvalue weighted by Gasteiger charge is 2.32. The number of carbonyl (C=O) groups excluding carboxylic acids is 1. The minimum Gasteiger partial charge on any atom is -0.308 e. The van der Waals surface area contributed by atoms with Gasteiger partial charge in [0.05, 0.1) is 6.04 Å². The normalized spacial score (nSPS) is 20.9. The summed E-state index contributed by atoms with van der Waals surface area (Å²) < 4.78 is 0. The van der Waals surface area contributed by atoms with Gasteiger partial charge in [0.25, 0.3) is 0 Å². The monoisotopic (exact) mass is 288 g/mol. The van der Waals surface area contributed by atoms with Crippen molar-refractivity contribution in [3.63, 3.8) is 0 Å². The van der Waals surface area contributed by atoms with Crippen molar-refractivity contribution in [3.8, 4) is 0 Å². The van der Waals surface area contributed by atoms with E-state index in [4.69, 9.17) is 0 Å². The van der Waals surface area contributed by atoms with Gasteiger partial charge in [-0.05, 0) is 52.4 Å². The van der Waals surface area contributed by atoms with Crippen molar-refractivity contribution in [2.24, 2.45) is 0 Å². The van der Waals surface area contributed by atoms with Crippen molar-refractivity contribution < 1.29 is 4.79 Å². The van der Waals surface area contributed by atoms with Gasteiger partial charge in [-0.2, -0.15) is 0 Å². The molecule has 1 saturated heterocycles. The second-order valence-electron chi connectivity index (χ2n) is 6.39. The molecule has 2 rings (SSSR count). The van der Waals surface area contributed by atoms with Crippen LogP contribution in [0.3, 0.4) is 0 Å². The molecule has 116 valence electrons.